The van der Waals surface area contributed by atoms with Gasteiger partial charge in [-0.25, -0.2) is 0 Å². The van der Waals surface area contributed by atoms with Gasteiger partial charge in [-0.15, -0.1) is 0 Å². The molecule has 0 fully saturated rings. The topological polar surface area (TPSA) is 88.8 Å². The number of furan rings is 1. The number of aliphatic hydroxyl groups is 1. The van der Waals surface area contributed by atoms with E-state index in [0.29, 0.717) is 6.54 Å². The highest BCUT2D eigenvalue weighted by Gasteiger charge is 2.14. The highest BCUT2D eigenvalue weighted by atomic mass is 32.2. The van der Waals surface area contributed by atoms with Crippen molar-refractivity contribution in [1.29, 1.82) is 0 Å². The van der Waals surface area contributed by atoms with Crippen LogP contribution >= 0.6 is 0 Å². The van der Waals surface area contributed by atoms with Gasteiger partial charge in [0.2, 0.25) is 0 Å². The van der Waals surface area contributed by atoms with Crippen LogP contribution in [0.4, 0.5) is 0 Å². The van der Waals surface area contributed by atoms with Crippen molar-refractivity contribution in [2.75, 3.05) is 12.8 Å². The Balaban J connectivity index is 1.97. The molecule has 0 aliphatic carbocycles. The Labute approximate surface area is 164 Å². The molecule has 2 N–H and O–H groups in total. The number of hydrogen-bond donors (Lipinski definition) is 2. The lowest BCUT2D eigenvalue weighted by atomic mass is 10.1. The summed E-state index contributed by atoms with van der Waals surface area (Å²) in [5, 5.41) is 13.0. The molecule has 0 saturated carbocycles. The average molecular weight is 404 g/mol. The Morgan fingerprint density at radius 3 is 2.00 bits per heavy atom. The highest BCUT2D eigenvalue weighted by molar-refractivity contribution is 7.86. The van der Waals surface area contributed by atoms with Gasteiger partial charge in [0.15, 0.2) is 12.0 Å². The molecule has 0 radical (unpaired) electrons. The Kier molecular flexibility index (Phi) is 12.5. The van der Waals surface area contributed by atoms with Gasteiger partial charge < -0.3 is 13.7 Å². The first kappa shape index (κ1) is 24.0. The molecule has 1 heterocycles. The van der Waals surface area contributed by atoms with Gasteiger partial charge in [-0.3, -0.25) is 5.32 Å². The molecule has 1 atom stereocenters. The molecular formula is C20H37NO5S. The second kappa shape index (κ2) is 14.0. The summed E-state index contributed by atoms with van der Waals surface area (Å²) < 4.78 is 31.8. The number of nitrogens with one attached hydrogen (secondary N) is 1. The normalized spacial score (nSPS) is 13.0. The summed E-state index contributed by atoms with van der Waals surface area (Å²) in [6.07, 6.45) is 15.5. The summed E-state index contributed by atoms with van der Waals surface area (Å²) in [5.41, 5.74) is 0. The van der Waals surface area contributed by atoms with Crippen LogP contribution in [0.3, 0.4) is 0 Å². The summed E-state index contributed by atoms with van der Waals surface area (Å²) in [5.74, 6) is 0.103. The Hall–Kier alpha value is -1.05. The van der Waals surface area contributed by atoms with Gasteiger partial charge in [0.05, 0.1) is 6.26 Å². The van der Waals surface area contributed by atoms with E-state index in [4.69, 9.17) is 4.42 Å². The average Bonchev–Trinajstić information content (AvgIpc) is 3.05. The predicted molar refractivity (Wildman–Crippen MR) is 108 cm³/mol. The largest absolute Gasteiger partial charge is 0.426 e. The van der Waals surface area contributed by atoms with E-state index < -0.39 is 16.3 Å². The third kappa shape index (κ3) is 12.9. The van der Waals surface area contributed by atoms with Crippen LogP contribution < -0.4 is 9.50 Å². The van der Waals surface area contributed by atoms with Crippen molar-refractivity contribution in [2.45, 2.75) is 90.2 Å². The first-order valence-corrected chi connectivity index (χ1v) is 12.1. The van der Waals surface area contributed by atoms with Crippen molar-refractivity contribution in [3.8, 4) is 5.95 Å². The monoisotopic (exact) mass is 403 g/mol. The van der Waals surface area contributed by atoms with Crippen LogP contribution in [-0.2, 0) is 10.1 Å². The Morgan fingerprint density at radius 2 is 1.48 bits per heavy atom. The zero-order valence-corrected chi connectivity index (χ0v) is 17.7. The molecule has 7 heteroatoms. The fraction of sp³-hybridized carbons (Fsp3) is 0.800. The van der Waals surface area contributed by atoms with Crippen molar-refractivity contribution < 1.29 is 22.1 Å². The molecule has 1 aromatic rings. The van der Waals surface area contributed by atoms with Crippen molar-refractivity contribution in [2.24, 2.45) is 0 Å². The minimum atomic E-state index is -3.63. The Morgan fingerprint density at radius 1 is 0.963 bits per heavy atom. The van der Waals surface area contributed by atoms with E-state index >= 15 is 0 Å². The first-order valence-electron chi connectivity index (χ1n) is 10.3. The smallest absolute Gasteiger partial charge is 0.308 e. The van der Waals surface area contributed by atoms with Crippen LogP contribution in [0.1, 0.15) is 96.0 Å². The Bertz CT molecular complexity index is 585. The van der Waals surface area contributed by atoms with Gasteiger partial charge in [0, 0.05) is 6.07 Å². The van der Waals surface area contributed by atoms with Crippen LogP contribution in [0.5, 0.6) is 5.95 Å². The summed E-state index contributed by atoms with van der Waals surface area (Å²) in [7, 11) is -3.63. The van der Waals surface area contributed by atoms with Gasteiger partial charge in [0.1, 0.15) is 0 Å². The van der Waals surface area contributed by atoms with Crippen LogP contribution in [0, 0.1) is 0 Å². The number of rotatable bonds is 17. The van der Waals surface area contributed by atoms with E-state index in [1.54, 1.807) is 0 Å². The van der Waals surface area contributed by atoms with Gasteiger partial charge in [-0.2, -0.15) is 8.42 Å². The SMILES string of the molecule is CCCCCCCCCCCCCCNC(O)c1ccc(OS(C)(=O)=O)o1. The third-order valence-corrected chi connectivity index (χ3v) is 4.94. The van der Waals surface area contributed by atoms with E-state index in [0.717, 1.165) is 19.1 Å². The zero-order chi connectivity index (χ0) is 20.0. The fourth-order valence-electron chi connectivity index (χ4n) is 2.98. The molecule has 1 rings (SSSR count). The molecule has 158 valence electrons. The maximum atomic E-state index is 11.0. The fourth-order valence-corrected chi connectivity index (χ4v) is 3.37. The molecular weight excluding hydrogens is 366 g/mol. The van der Waals surface area contributed by atoms with Crippen LogP contribution in [0.2, 0.25) is 0 Å². The lowest BCUT2D eigenvalue weighted by Gasteiger charge is -2.10. The third-order valence-electron chi connectivity index (χ3n) is 4.47. The number of hydrogen-bond acceptors (Lipinski definition) is 6. The van der Waals surface area contributed by atoms with Crippen molar-refractivity contribution in [3.63, 3.8) is 0 Å². The molecule has 0 aromatic carbocycles. The standard InChI is InChI=1S/C20H37NO5S/c1-3-4-5-6-7-8-9-10-11-12-13-14-17-21-20(22)18-15-16-19(25-18)26-27(2,23)24/h15-16,20-22H,3-14,17H2,1-2H3. The maximum Gasteiger partial charge on any atom is 0.308 e. The van der Waals surface area contributed by atoms with Crippen LogP contribution in [0.25, 0.3) is 0 Å². The first-order chi connectivity index (χ1) is 12.9. The number of unbranched alkanes of at least 4 members (excludes halogenated alkanes) is 11. The van der Waals surface area contributed by atoms with Crippen LogP contribution in [-0.4, -0.2) is 26.3 Å². The molecule has 1 aromatic heterocycles. The molecule has 0 saturated heterocycles. The minimum Gasteiger partial charge on any atom is -0.426 e. The van der Waals surface area contributed by atoms with Gasteiger partial charge in [-0.1, -0.05) is 77.6 Å². The molecule has 0 bridgehead atoms. The lowest BCUT2D eigenvalue weighted by Crippen LogP contribution is -2.21. The zero-order valence-electron chi connectivity index (χ0n) is 16.9. The van der Waals surface area contributed by atoms with E-state index in [2.05, 4.69) is 16.4 Å². The second-order valence-electron chi connectivity index (χ2n) is 7.19. The van der Waals surface area contributed by atoms with Crippen molar-refractivity contribution in [3.05, 3.63) is 17.9 Å². The van der Waals surface area contributed by atoms with E-state index in [1.165, 1.54) is 76.3 Å². The quantitative estimate of drug-likeness (QED) is 0.218. The molecule has 0 aliphatic rings. The molecule has 1 unspecified atom stereocenters. The second-order valence-corrected chi connectivity index (χ2v) is 8.76. The van der Waals surface area contributed by atoms with E-state index in [-0.39, 0.29) is 11.7 Å². The summed E-state index contributed by atoms with van der Waals surface area (Å²) in [6, 6.07) is 2.88. The van der Waals surface area contributed by atoms with Gasteiger partial charge in [-0.05, 0) is 19.0 Å². The minimum absolute atomic E-state index is 0.140. The predicted octanol–water partition coefficient (Wildman–Crippen LogP) is 4.90. The van der Waals surface area contributed by atoms with Crippen molar-refractivity contribution in [1.82, 2.24) is 5.32 Å². The molecule has 6 nitrogen and oxygen atoms in total. The molecule has 0 aliphatic heterocycles. The van der Waals surface area contributed by atoms with E-state index in [9.17, 15) is 13.5 Å². The number of aliphatic hydroxyl groups excluding tert-OH is 1. The molecule has 27 heavy (non-hydrogen) atoms. The molecule has 0 spiro atoms. The lowest BCUT2D eigenvalue weighted by molar-refractivity contribution is 0.110. The summed E-state index contributed by atoms with van der Waals surface area (Å²) in [4.78, 5) is 0. The summed E-state index contributed by atoms with van der Waals surface area (Å²) >= 11 is 0. The van der Waals surface area contributed by atoms with Gasteiger partial charge >= 0.3 is 16.1 Å². The highest BCUT2D eigenvalue weighted by Crippen LogP contribution is 2.21. The van der Waals surface area contributed by atoms with Crippen molar-refractivity contribution >= 4 is 10.1 Å². The maximum absolute atomic E-state index is 11.0. The van der Waals surface area contributed by atoms with Gasteiger partial charge in [0.25, 0.3) is 0 Å². The summed E-state index contributed by atoms with van der Waals surface area (Å²) in [6.45, 7) is 2.93. The molecule has 0 amide bonds. The van der Waals surface area contributed by atoms with E-state index in [1.807, 2.05) is 0 Å². The van der Waals surface area contributed by atoms with Crippen LogP contribution in [0.15, 0.2) is 16.5 Å².